The highest BCUT2D eigenvalue weighted by atomic mass is 16.5. The van der Waals surface area contributed by atoms with E-state index in [-0.39, 0.29) is 0 Å². The molecule has 0 saturated heterocycles. The molecule has 0 radical (unpaired) electrons. The smallest absolute Gasteiger partial charge is 0.208 e. The molecule has 0 N–H and O–H groups in total. The second kappa shape index (κ2) is 6.31. The molecule has 1 heterocycles. The SMILES string of the molecule is COc1cccc(-c2nnn(C(C)(C)c3ccccc3)n2)c1OC. The van der Waals surface area contributed by atoms with E-state index in [1.807, 2.05) is 36.4 Å². The Morgan fingerprint density at radius 2 is 1.67 bits per heavy atom. The van der Waals surface area contributed by atoms with Crippen molar-refractivity contribution in [1.82, 2.24) is 20.2 Å². The second-order valence-electron chi connectivity index (χ2n) is 5.87. The number of hydrogen-bond acceptors (Lipinski definition) is 5. The Labute approximate surface area is 141 Å². The van der Waals surface area contributed by atoms with E-state index in [0.29, 0.717) is 17.3 Å². The molecule has 0 aliphatic heterocycles. The first-order valence-corrected chi connectivity index (χ1v) is 7.65. The number of aromatic nitrogens is 4. The molecule has 0 fully saturated rings. The van der Waals surface area contributed by atoms with Crippen molar-refractivity contribution >= 4 is 0 Å². The minimum Gasteiger partial charge on any atom is -0.493 e. The molecular weight excluding hydrogens is 304 g/mol. The molecule has 0 bridgehead atoms. The van der Waals surface area contributed by atoms with E-state index in [0.717, 1.165) is 11.1 Å². The third-order valence-electron chi connectivity index (χ3n) is 4.04. The van der Waals surface area contributed by atoms with Crippen molar-refractivity contribution < 1.29 is 9.47 Å². The van der Waals surface area contributed by atoms with Gasteiger partial charge in [-0.25, -0.2) is 0 Å². The third kappa shape index (κ3) is 2.71. The summed E-state index contributed by atoms with van der Waals surface area (Å²) >= 11 is 0. The van der Waals surface area contributed by atoms with E-state index in [9.17, 15) is 0 Å². The van der Waals surface area contributed by atoms with Crippen LogP contribution in [0.15, 0.2) is 48.5 Å². The van der Waals surface area contributed by atoms with Gasteiger partial charge in [0.05, 0.1) is 19.8 Å². The van der Waals surface area contributed by atoms with Crippen LogP contribution in [0.2, 0.25) is 0 Å². The summed E-state index contributed by atoms with van der Waals surface area (Å²) in [6.07, 6.45) is 0. The number of methoxy groups -OCH3 is 2. The average molecular weight is 324 g/mol. The summed E-state index contributed by atoms with van der Waals surface area (Å²) in [5, 5.41) is 13.0. The van der Waals surface area contributed by atoms with Gasteiger partial charge in [-0.15, -0.1) is 10.2 Å². The zero-order chi connectivity index (χ0) is 17.2. The Hall–Kier alpha value is -2.89. The first-order valence-electron chi connectivity index (χ1n) is 7.65. The van der Waals surface area contributed by atoms with Crippen molar-refractivity contribution in [1.29, 1.82) is 0 Å². The van der Waals surface area contributed by atoms with Crippen molar-refractivity contribution in [2.75, 3.05) is 14.2 Å². The average Bonchev–Trinajstić information content (AvgIpc) is 3.12. The van der Waals surface area contributed by atoms with Crippen LogP contribution < -0.4 is 9.47 Å². The van der Waals surface area contributed by atoms with Gasteiger partial charge in [0, 0.05) is 0 Å². The van der Waals surface area contributed by atoms with E-state index < -0.39 is 5.54 Å². The summed E-state index contributed by atoms with van der Waals surface area (Å²) in [4.78, 5) is 1.62. The standard InChI is InChI=1S/C18H20N4O2/c1-18(2,13-9-6-5-7-10-13)22-20-17(19-21-22)14-11-8-12-15(23-3)16(14)24-4/h5-12H,1-4H3. The third-order valence-corrected chi connectivity index (χ3v) is 4.04. The Bertz CT molecular complexity index is 828. The van der Waals surface area contributed by atoms with Gasteiger partial charge in [0.15, 0.2) is 11.5 Å². The molecule has 24 heavy (non-hydrogen) atoms. The number of nitrogens with zero attached hydrogens (tertiary/aromatic N) is 4. The van der Waals surface area contributed by atoms with Crippen LogP contribution in [0, 0.1) is 0 Å². The minimum atomic E-state index is -0.418. The number of rotatable bonds is 5. The van der Waals surface area contributed by atoms with Gasteiger partial charge in [0.25, 0.3) is 0 Å². The Morgan fingerprint density at radius 1 is 0.917 bits per heavy atom. The molecule has 3 rings (SSSR count). The number of tetrazole rings is 1. The Morgan fingerprint density at radius 3 is 2.33 bits per heavy atom. The Balaban J connectivity index is 2.03. The van der Waals surface area contributed by atoms with E-state index in [4.69, 9.17) is 9.47 Å². The normalized spacial score (nSPS) is 11.3. The van der Waals surface area contributed by atoms with E-state index in [1.54, 1.807) is 19.0 Å². The first kappa shape index (κ1) is 16.0. The van der Waals surface area contributed by atoms with Gasteiger partial charge in [-0.3, -0.25) is 0 Å². The molecule has 0 atom stereocenters. The van der Waals surface area contributed by atoms with Gasteiger partial charge in [-0.2, -0.15) is 4.80 Å². The van der Waals surface area contributed by atoms with Gasteiger partial charge < -0.3 is 9.47 Å². The van der Waals surface area contributed by atoms with Crippen LogP contribution >= 0.6 is 0 Å². The van der Waals surface area contributed by atoms with Gasteiger partial charge in [0.2, 0.25) is 5.82 Å². The van der Waals surface area contributed by atoms with Crippen LogP contribution in [0.5, 0.6) is 11.5 Å². The van der Waals surface area contributed by atoms with E-state index in [2.05, 4.69) is 41.4 Å². The molecule has 0 amide bonds. The predicted octanol–water partition coefficient (Wildman–Crippen LogP) is 3.14. The number of benzene rings is 2. The molecule has 0 spiro atoms. The summed E-state index contributed by atoms with van der Waals surface area (Å²) in [5.74, 6) is 1.72. The first-order chi connectivity index (χ1) is 11.6. The van der Waals surface area contributed by atoms with Crippen LogP contribution in [0.4, 0.5) is 0 Å². The molecule has 0 saturated carbocycles. The molecule has 0 unspecified atom stereocenters. The van der Waals surface area contributed by atoms with E-state index in [1.165, 1.54) is 0 Å². The van der Waals surface area contributed by atoms with E-state index >= 15 is 0 Å². The maximum absolute atomic E-state index is 5.46. The zero-order valence-corrected chi connectivity index (χ0v) is 14.2. The lowest BCUT2D eigenvalue weighted by molar-refractivity contribution is 0.336. The molecule has 0 aliphatic rings. The van der Waals surface area contributed by atoms with Gasteiger partial charge in [-0.05, 0) is 36.8 Å². The molecule has 0 aliphatic carbocycles. The second-order valence-corrected chi connectivity index (χ2v) is 5.87. The lowest BCUT2D eigenvalue weighted by atomic mass is 9.95. The predicted molar refractivity (Wildman–Crippen MR) is 91.2 cm³/mol. The summed E-state index contributed by atoms with van der Waals surface area (Å²) < 4.78 is 10.8. The molecule has 1 aromatic heterocycles. The fraction of sp³-hybridized carbons (Fsp3) is 0.278. The maximum Gasteiger partial charge on any atom is 0.208 e. The van der Waals surface area contributed by atoms with Crippen LogP contribution in [0.3, 0.4) is 0 Å². The van der Waals surface area contributed by atoms with Crippen molar-refractivity contribution in [3.8, 4) is 22.9 Å². The van der Waals surface area contributed by atoms with Crippen molar-refractivity contribution in [3.05, 3.63) is 54.1 Å². The maximum atomic E-state index is 5.46. The Kier molecular flexibility index (Phi) is 4.20. The van der Waals surface area contributed by atoms with Crippen molar-refractivity contribution in [3.63, 3.8) is 0 Å². The van der Waals surface area contributed by atoms with Crippen LogP contribution in [-0.4, -0.2) is 34.4 Å². The highest BCUT2D eigenvalue weighted by molar-refractivity contribution is 5.68. The minimum absolute atomic E-state index is 0.418. The summed E-state index contributed by atoms with van der Waals surface area (Å²) in [7, 11) is 3.20. The van der Waals surface area contributed by atoms with Crippen LogP contribution in [0.1, 0.15) is 19.4 Å². The van der Waals surface area contributed by atoms with Crippen LogP contribution in [-0.2, 0) is 5.54 Å². The van der Waals surface area contributed by atoms with Gasteiger partial charge >= 0.3 is 0 Å². The van der Waals surface area contributed by atoms with Crippen molar-refractivity contribution in [2.45, 2.75) is 19.4 Å². The fourth-order valence-corrected chi connectivity index (χ4v) is 2.58. The molecule has 6 heteroatoms. The van der Waals surface area contributed by atoms with Gasteiger partial charge in [0.1, 0.15) is 5.54 Å². The summed E-state index contributed by atoms with van der Waals surface area (Å²) in [6.45, 7) is 4.10. The van der Waals surface area contributed by atoms with Crippen molar-refractivity contribution in [2.24, 2.45) is 0 Å². The molecule has 3 aromatic rings. The number of hydrogen-bond donors (Lipinski definition) is 0. The lowest BCUT2D eigenvalue weighted by Crippen LogP contribution is -2.30. The van der Waals surface area contributed by atoms with Gasteiger partial charge in [-0.1, -0.05) is 36.4 Å². The monoisotopic (exact) mass is 324 g/mol. The molecule has 2 aromatic carbocycles. The largest absolute Gasteiger partial charge is 0.493 e. The highest BCUT2D eigenvalue weighted by Gasteiger charge is 2.27. The molecule has 124 valence electrons. The quantitative estimate of drug-likeness (QED) is 0.721. The lowest BCUT2D eigenvalue weighted by Gasteiger charge is -2.23. The summed E-state index contributed by atoms with van der Waals surface area (Å²) in [6, 6.07) is 15.7. The fourth-order valence-electron chi connectivity index (χ4n) is 2.58. The number of para-hydroxylation sites is 1. The van der Waals surface area contributed by atoms with Crippen LogP contribution in [0.25, 0.3) is 11.4 Å². The zero-order valence-electron chi connectivity index (χ0n) is 14.2. The highest BCUT2D eigenvalue weighted by Crippen LogP contribution is 2.36. The summed E-state index contributed by atoms with van der Waals surface area (Å²) in [5.41, 5.74) is 1.43. The molecule has 6 nitrogen and oxygen atoms in total. The number of ether oxygens (including phenoxy) is 2. The molecular formula is C18H20N4O2. The topological polar surface area (TPSA) is 62.1 Å².